The molecule has 1 aliphatic heterocycles. The van der Waals surface area contributed by atoms with E-state index in [1.807, 2.05) is 19.9 Å². The van der Waals surface area contributed by atoms with Crippen LogP contribution in [0.4, 0.5) is 4.79 Å². The Labute approximate surface area is 138 Å². The number of aromatic nitrogens is 2. The highest BCUT2D eigenvalue weighted by atomic mass is 16.5. The number of imide groups is 2. The van der Waals surface area contributed by atoms with Crippen molar-refractivity contribution in [2.24, 2.45) is 0 Å². The largest absolute Gasteiger partial charge is 0.339 e. The zero-order valence-electron chi connectivity index (χ0n) is 13.3. The molecule has 8 nitrogen and oxygen atoms in total. The minimum Gasteiger partial charge on any atom is -0.339 e. The van der Waals surface area contributed by atoms with Crippen LogP contribution in [-0.4, -0.2) is 37.8 Å². The maximum atomic E-state index is 12.4. The predicted molar refractivity (Wildman–Crippen MR) is 81.3 cm³/mol. The van der Waals surface area contributed by atoms with Gasteiger partial charge in [-0.05, 0) is 5.56 Å². The van der Waals surface area contributed by atoms with Gasteiger partial charge in [-0.1, -0.05) is 49.3 Å². The van der Waals surface area contributed by atoms with Gasteiger partial charge in [-0.25, -0.2) is 9.69 Å². The first kappa shape index (κ1) is 15.9. The summed E-state index contributed by atoms with van der Waals surface area (Å²) in [6.07, 6.45) is 0. The molecule has 124 valence electrons. The molecule has 24 heavy (non-hydrogen) atoms. The second kappa shape index (κ2) is 6.23. The lowest BCUT2D eigenvalue weighted by Crippen LogP contribution is -2.33. The van der Waals surface area contributed by atoms with E-state index in [0.29, 0.717) is 5.89 Å². The molecule has 0 N–H and O–H groups in total. The van der Waals surface area contributed by atoms with Crippen molar-refractivity contribution in [2.75, 3.05) is 0 Å². The summed E-state index contributed by atoms with van der Waals surface area (Å²) in [5.74, 6) is -1.10. The van der Waals surface area contributed by atoms with E-state index in [1.165, 1.54) is 0 Å². The van der Waals surface area contributed by atoms with E-state index in [1.54, 1.807) is 24.3 Å². The molecule has 4 amide bonds. The number of hydrogen-bond donors (Lipinski definition) is 0. The maximum Gasteiger partial charge on any atom is 0.334 e. The van der Waals surface area contributed by atoms with Crippen LogP contribution < -0.4 is 0 Å². The van der Waals surface area contributed by atoms with E-state index in [2.05, 4.69) is 10.1 Å². The molecule has 0 spiro atoms. The van der Waals surface area contributed by atoms with E-state index in [0.717, 1.165) is 15.4 Å². The van der Waals surface area contributed by atoms with Crippen molar-refractivity contribution in [3.8, 4) is 0 Å². The van der Waals surface area contributed by atoms with Crippen molar-refractivity contribution in [1.29, 1.82) is 0 Å². The minimum absolute atomic E-state index is 0.0347. The smallest absolute Gasteiger partial charge is 0.334 e. The molecule has 2 aromatic rings. The molecule has 1 aromatic carbocycles. The van der Waals surface area contributed by atoms with Crippen molar-refractivity contribution in [1.82, 2.24) is 19.9 Å². The molecule has 1 aromatic heterocycles. The van der Waals surface area contributed by atoms with E-state index in [-0.39, 0.29) is 24.8 Å². The molecule has 2 heterocycles. The Morgan fingerprint density at radius 1 is 1.00 bits per heavy atom. The molecule has 0 aliphatic carbocycles. The Hall–Kier alpha value is -3.03. The SMILES string of the molecule is CC(C)c1nc(CN2C(=O)C(=O)N(Cc3ccccc3)C2=O)no1. The Bertz CT molecular complexity index is 784. The molecule has 0 bridgehead atoms. The summed E-state index contributed by atoms with van der Waals surface area (Å²) in [7, 11) is 0. The van der Waals surface area contributed by atoms with Gasteiger partial charge in [0.05, 0.1) is 13.1 Å². The lowest BCUT2D eigenvalue weighted by atomic mass is 10.2. The molecule has 1 saturated heterocycles. The van der Waals surface area contributed by atoms with Gasteiger partial charge < -0.3 is 4.52 Å². The van der Waals surface area contributed by atoms with Crippen LogP contribution in [0.25, 0.3) is 0 Å². The second-order valence-electron chi connectivity index (χ2n) is 5.75. The molecule has 0 saturated carbocycles. The normalized spacial score (nSPS) is 15.0. The van der Waals surface area contributed by atoms with Crippen molar-refractivity contribution in [2.45, 2.75) is 32.9 Å². The zero-order valence-corrected chi connectivity index (χ0v) is 13.3. The highest BCUT2D eigenvalue weighted by Gasteiger charge is 2.44. The minimum atomic E-state index is -0.883. The molecule has 0 atom stereocenters. The predicted octanol–water partition coefficient (Wildman–Crippen LogP) is 1.68. The van der Waals surface area contributed by atoms with Crippen molar-refractivity contribution >= 4 is 17.8 Å². The molecule has 1 fully saturated rings. The fourth-order valence-electron chi connectivity index (χ4n) is 2.30. The maximum absolute atomic E-state index is 12.4. The number of rotatable bonds is 5. The fourth-order valence-corrected chi connectivity index (χ4v) is 2.30. The zero-order chi connectivity index (χ0) is 17.3. The monoisotopic (exact) mass is 328 g/mol. The quantitative estimate of drug-likeness (QED) is 0.612. The van der Waals surface area contributed by atoms with Crippen molar-refractivity contribution < 1.29 is 18.9 Å². The van der Waals surface area contributed by atoms with Gasteiger partial charge in [0.2, 0.25) is 5.89 Å². The van der Waals surface area contributed by atoms with Crippen LogP contribution in [0.3, 0.4) is 0 Å². The second-order valence-corrected chi connectivity index (χ2v) is 5.75. The fraction of sp³-hybridized carbons (Fsp3) is 0.312. The van der Waals surface area contributed by atoms with E-state index >= 15 is 0 Å². The Morgan fingerprint density at radius 3 is 2.21 bits per heavy atom. The average molecular weight is 328 g/mol. The number of urea groups is 1. The topological polar surface area (TPSA) is 96.6 Å². The number of carbonyl (C=O) groups is 3. The first-order valence-corrected chi connectivity index (χ1v) is 7.51. The van der Waals surface area contributed by atoms with Gasteiger partial charge in [0.25, 0.3) is 0 Å². The summed E-state index contributed by atoms with van der Waals surface area (Å²) in [6, 6.07) is 8.31. The van der Waals surface area contributed by atoms with Gasteiger partial charge in [-0.3, -0.25) is 14.5 Å². The van der Waals surface area contributed by atoms with Crippen LogP contribution in [0.15, 0.2) is 34.9 Å². The van der Waals surface area contributed by atoms with Crippen LogP contribution in [0.2, 0.25) is 0 Å². The summed E-state index contributed by atoms with van der Waals surface area (Å²) < 4.78 is 5.05. The molecule has 8 heteroatoms. The summed E-state index contributed by atoms with van der Waals surface area (Å²) in [5.41, 5.74) is 0.760. The van der Waals surface area contributed by atoms with Gasteiger partial charge in [0.15, 0.2) is 5.82 Å². The standard InChI is InChI=1S/C16H16N4O4/c1-10(2)13-17-12(18-24-13)9-20-15(22)14(21)19(16(20)23)8-11-6-4-3-5-7-11/h3-7,10H,8-9H2,1-2H3. The summed E-state index contributed by atoms with van der Waals surface area (Å²) in [5, 5.41) is 3.74. The first-order chi connectivity index (χ1) is 11.5. The molecule has 0 radical (unpaired) electrons. The Balaban J connectivity index is 1.76. The van der Waals surface area contributed by atoms with E-state index in [4.69, 9.17) is 4.52 Å². The Kier molecular flexibility index (Phi) is 4.11. The van der Waals surface area contributed by atoms with Gasteiger partial charge in [-0.15, -0.1) is 0 Å². The van der Waals surface area contributed by atoms with E-state index < -0.39 is 17.8 Å². The number of carbonyl (C=O) groups excluding carboxylic acids is 3. The number of benzene rings is 1. The lowest BCUT2D eigenvalue weighted by molar-refractivity contribution is -0.143. The lowest BCUT2D eigenvalue weighted by Gasteiger charge is -2.14. The van der Waals surface area contributed by atoms with Crippen molar-refractivity contribution in [3.05, 3.63) is 47.6 Å². The molecular formula is C16H16N4O4. The summed E-state index contributed by atoms with van der Waals surface area (Å²) in [4.78, 5) is 42.4. The third-order valence-corrected chi connectivity index (χ3v) is 3.60. The van der Waals surface area contributed by atoms with Crippen LogP contribution in [0.5, 0.6) is 0 Å². The first-order valence-electron chi connectivity index (χ1n) is 7.51. The Morgan fingerprint density at radius 2 is 1.62 bits per heavy atom. The number of hydrogen-bond acceptors (Lipinski definition) is 6. The van der Waals surface area contributed by atoms with Gasteiger partial charge in [0, 0.05) is 5.92 Å². The van der Waals surface area contributed by atoms with Crippen molar-refractivity contribution in [3.63, 3.8) is 0 Å². The third-order valence-electron chi connectivity index (χ3n) is 3.60. The highest BCUT2D eigenvalue weighted by molar-refractivity contribution is 6.44. The molecule has 3 rings (SSSR count). The molecule has 1 aliphatic rings. The van der Waals surface area contributed by atoms with E-state index in [9.17, 15) is 14.4 Å². The van der Waals surface area contributed by atoms with Crippen LogP contribution in [-0.2, 0) is 22.7 Å². The third kappa shape index (κ3) is 2.90. The summed E-state index contributed by atoms with van der Waals surface area (Å²) >= 11 is 0. The summed E-state index contributed by atoms with van der Waals surface area (Å²) in [6.45, 7) is 3.62. The van der Waals surface area contributed by atoms with Gasteiger partial charge >= 0.3 is 17.8 Å². The van der Waals surface area contributed by atoms with Crippen LogP contribution in [0, 0.1) is 0 Å². The highest BCUT2D eigenvalue weighted by Crippen LogP contribution is 2.19. The number of nitrogens with zero attached hydrogens (tertiary/aromatic N) is 4. The van der Waals surface area contributed by atoms with Gasteiger partial charge in [-0.2, -0.15) is 4.98 Å². The van der Waals surface area contributed by atoms with Gasteiger partial charge in [0.1, 0.15) is 0 Å². The van der Waals surface area contributed by atoms with Crippen LogP contribution in [0.1, 0.15) is 37.0 Å². The average Bonchev–Trinajstić information content (AvgIpc) is 3.12. The van der Waals surface area contributed by atoms with Crippen LogP contribution >= 0.6 is 0 Å². The molecule has 0 unspecified atom stereocenters. The number of amides is 4. The molecular weight excluding hydrogens is 312 g/mol.